The molecule has 0 radical (unpaired) electrons. The summed E-state index contributed by atoms with van der Waals surface area (Å²) in [6.07, 6.45) is 8.17. The zero-order chi connectivity index (χ0) is 16.9. The summed E-state index contributed by atoms with van der Waals surface area (Å²) in [5.41, 5.74) is 0.511. The number of aromatic nitrogens is 1. The second-order valence-electron chi connectivity index (χ2n) is 6.16. The molecule has 1 unspecified atom stereocenters. The minimum atomic E-state index is -3.32. The Morgan fingerprint density at radius 3 is 2.74 bits per heavy atom. The smallest absolute Gasteiger partial charge is 0.321 e. The van der Waals surface area contributed by atoms with Crippen molar-refractivity contribution in [2.45, 2.75) is 44.1 Å². The van der Waals surface area contributed by atoms with Crippen LogP contribution < -0.4 is 5.32 Å². The van der Waals surface area contributed by atoms with E-state index in [0.717, 1.165) is 32.2 Å². The lowest BCUT2D eigenvalue weighted by Gasteiger charge is -2.21. The number of nitrogens with one attached hydrogen (secondary N) is 1. The Balaban J connectivity index is 1.93. The quantitative estimate of drug-likeness (QED) is 0.915. The van der Waals surface area contributed by atoms with Gasteiger partial charge in [0.05, 0.1) is 11.9 Å². The number of hydrogen-bond acceptors (Lipinski definition) is 4. The van der Waals surface area contributed by atoms with Gasteiger partial charge >= 0.3 is 6.03 Å². The maximum Gasteiger partial charge on any atom is 0.321 e. The predicted octanol–water partition coefficient (Wildman–Crippen LogP) is 2.92. The highest BCUT2D eigenvalue weighted by Gasteiger charge is 2.20. The number of sulfone groups is 1. The Hall–Kier alpha value is -1.63. The molecule has 7 heteroatoms. The molecule has 128 valence electrons. The number of carbonyl (C=O) groups excluding carboxylic acids is 1. The van der Waals surface area contributed by atoms with Gasteiger partial charge in [0, 0.05) is 19.3 Å². The van der Waals surface area contributed by atoms with Crippen molar-refractivity contribution in [1.29, 1.82) is 0 Å². The largest absolute Gasteiger partial charge is 0.325 e. The van der Waals surface area contributed by atoms with Crippen LogP contribution in [0.3, 0.4) is 0 Å². The van der Waals surface area contributed by atoms with Crippen LogP contribution in [0.4, 0.5) is 10.5 Å². The number of likely N-dealkylation sites (tertiary alicyclic amines) is 1. The van der Waals surface area contributed by atoms with Gasteiger partial charge in [-0.25, -0.2) is 18.2 Å². The van der Waals surface area contributed by atoms with Crippen molar-refractivity contribution in [3.63, 3.8) is 0 Å². The minimum absolute atomic E-state index is 0.00711. The first-order chi connectivity index (χ1) is 10.9. The highest BCUT2D eigenvalue weighted by atomic mass is 32.2. The minimum Gasteiger partial charge on any atom is -0.325 e. The summed E-state index contributed by atoms with van der Waals surface area (Å²) >= 11 is 0. The van der Waals surface area contributed by atoms with Gasteiger partial charge < -0.3 is 10.2 Å². The van der Waals surface area contributed by atoms with E-state index in [0.29, 0.717) is 11.6 Å². The van der Waals surface area contributed by atoms with Gasteiger partial charge in [0.1, 0.15) is 0 Å². The fourth-order valence-corrected chi connectivity index (χ4v) is 3.50. The molecule has 1 aromatic rings. The number of amides is 2. The summed E-state index contributed by atoms with van der Waals surface area (Å²) in [5, 5.41) is 2.80. The summed E-state index contributed by atoms with van der Waals surface area (Å²) < 4.78 is 22.8. The molecule has 23 heavy (non-hydrogen) atoms. The van der Waals surface area contributed by atoms with E-state index in [4.69, 9.17) is 0 Å². The molecule has 1 fully saturated rings. The van der Waals surface area contributed by atoms with E-state index in [1.54, 1.807) is 6.07 Å². The number of carbonyl (C=O) groups is 1. The second kappa shape index (κ2) is 7.77. The number of pyridine rings is 1. The highest BCUT2D eigenvalue weighted by Crippen LogP contribution is 2.22. The van der Waals surface area contributed by atoms with Crippen molar-refractivity contribution >= 4 is 21.6 Å². The molecule has 0 bridgehead atoms. The van der Waals surface area contributed by atoms with Crippen molar-refractivity contribution in [1.82, 2.24) is 9.88 Å². The molecule has 2 heterocycles. The van der Waals surface area contributed by atoms with Crippen LogP contribution in [0, 0.1) is 5.92 Å². The topological polar surface area (TPSA) is 79.4 Å². The van der Waals surface area contributed by atoms with E-state index in [9.17, 15) is 13.2 Å². The average Bonchev–Trinajstić information content (AvgIpc) is 2.73. The summed E-state index contributed by atoms with van der Waals surface area (Å²) in [5.74, 6) is 0.716. The summed E-state index contributed by atoms with van der Waals surface area (Å²) in [4.78, 5) is 18.1. The molecule has 2 rings (SSSR count). The summed E-state index contributed by atoms with van der Waals surface area (Å²) in [7, 11) is -3.32. The van der Waals surface area contributed by atoms with Crippen LogP contribution in [0.15, 0.2) is 23.4 Å². The van der Waals surface area contributed by atoms with Crippen LogP contribution in [0.2, 0.25) is 0 Å². The van der Waals surface area contributed by atoms with E-state index in [1.807, 2.05) is 4.90 Å². The fourth-order valence-electron chi connectivity index (χ4n) is 2.94. The lowest BCUT2D eigenvalue weighted by molar-refractivity contribution is 0.213. The second-order valence-corrected chi connectivity index (χ2v) is 8.12. The molecule has 1 saturated heterocycles. The molecule has 2 amide bonds. The molecule has 0 aromatic carbocycles. The molecule has 1 aromatic heterocycles. The Labute approximate surface area is 138 Å². The molecule has 0 spiro atoms. The van der Waals surface area contributed by atoms with E-state index < -0.39 is 9.84 Å². The Kier molecular flexibility index (Phi) is 5.98. The highest BCUT2D eigenvalue weighted by molar-refractivity contribution is 7.90. The van der Waals surface area contributed by atoms with Gasteiger partial charge in [0.25, 0.3) is 0 Å². The molecule has 1 atom stereocenters. The Morgan fingerprint density at radius 1 is 1.35 bits per heavy atom. The third kappa shape index (κ3) is 5.20. The number of rotatable bonds is 4. The third-order valence-corrected chi connectivity index (χ3v) is 5.20. The number of nitrogens with zero attached hydrogens (tertiary/aromatic N) is 2. The molecule has 6 nitrogen and oxygen atoms in total. The van der Waals surface area contributed by atoms with Gasteiger partial charge in [0.15, 0.2) is 14.9 Å². The first-order valence-corrected chi connectivity index (χ1v) is 10.0. The molecular formula is C16H25N3O3S. The normalized spacial score (nSPS) is 19.2. The lowest BCUT2D eigenvalue weighted by Crippen LogP contribution is -2.35. The van der Waals surface area contributed by atoms with Gasteiger partial charge in [0.2, 0.25) is 0 Å². The van der Waals surface area contributed by atoms with E-state index >= 15 is 0 Å². The van der Waals surface area contributed by atoms with Gasteiger partial charge in [-0.1, -0.05) is 19.8 Å². The molecule has 1 aliphatic rings. The van der Waals surface area contributed by atoms with Gasteiger partial charge in [-0.2, -0.15) is 0 Å². The van der Waals surface area contributed by atoms with Gasteiger partial charge in [-0.3, -0.25) is 0 Å². The van der Waals surface area contributed by atoms with Crippen molar-refractivity contribution in [2.75, 3.05) is 24.7 Å². The van der Waals surface area contributed by atoms with Crippen molar-refractivity contribution in [3.05, 3.63) is 18.3 Å². The van der Waals surface area contributed by atoms with Gasteiger partial charge in [-0.05, 0) is 37.3 Å². The SMILES string of the molecule is CCCC1CCCN(C(=O)Nc2ccc(S(C)(=O)=O)nc2)CC1. The maximum atomic E-state index is 12.3. The zero-order valence-corrected chi connectivity index (χ0v) is 14.6. The van der Waals surface area contributed by atoms with Crippen molar-refractivity contribution in [2.24, 2.45) is 5.92 Å². The van der Waals surface area contributed by atoms with E-state index in [2.05, 4.69) is 17.2 Å². The summed E-state index contributed by atoms with van der Waals surface area (Å²) in [6, 6.07) is 2.83. The number of hydrogen-bond donors (Lipinski definition) is 1. The van der Waals surface area contributed by atoms with Crippen molar-refractivity contribution in [3.8, 4) is 0 Å². The first kappa shape index (κ1) is 17.7. The maximum absolute atomic E-state index is 12.3. The molecule has 0 saturated carbocycles. The predicted molar refractivity (Wildman–Crippen MR) is 90.2 cm³/mol. The van der Waals surface area contributed by atoms with Crippen LogP contribution in [0.1, 0.15) is 39.0 Å². The molecular weight excluding hydrogens is 314 g/mol. The van der Waals surface area contributed by atoms with Crippen LogP contribution >= 0.6 is 0 Å². The lowest BCUT2D eigenvalue weighted by atomic mass is 9.96. The van der Waals surface area contributed by atoms with Gasteiger partial charge in [-0.15, -0.1) is 0 Å². The van der Waals surface area contributed by atoms with Crippen LogP contribution in [0.5, 0.6) is 0 Å². The van der Waals surface area contributed by atoms with Crippen molar-refractivity contribution < 1.29 is 13.2 Å². The van der Waals surface area contributed by atoms with Crippen LogP contribution in [-0.2, 0) is 9.84 Å². The van der Waals surface area contributed by atoms with Crippen LogP contribution in [0.25, 0.3) is 0 Å². The molecule has 1 aliphatic heterocycles. The summed E-state index contributed by atoms with van der Waals surface area (Å²) in [6.45, 7) is 3.73. The molecule has 1 N–H and O–H groups in total. The fraction of sp³-hybridized carbons (Fsp3) is 0.625. The van der Waals surface area contributed by atoms with Crippen LogP contribution in [-0.4, -0.2) is 43.7 Å². The molecule has 0 aliphatic carbocycles. The monoisotopic (exact) mass is 339 g/mol. The number of urea groups is 1. The third-order valence-electron chi connectivity index (χ3n) is 4.20. The Morgan fingerprint density at radius 2 is 2.13 bits per heavy atom. The zero-order valence-electron chi connectivity index (χ0n) is 13.8. The average molecular weight is 339 g/mol. The van der Waals surface area contributed by atoms with E-state index in [-0.39, 0.29) is 11.1 Å². The number of anilines is 1. The Bertz CT molecular complexity index is 628. The first-order valence-electron chi connectivity index (χ1n) is 8.12. The van der Waals surface area contributed by atoms with E-state index in [1.165, 1.54) is 31.5 Å². The standard InChI is InChI=1S/C16H25N3O3S/c1-3-5-13-6-4-10-19(11-9-13)16(20)18-14-7-8-15(17-12-14)23(2,21)22/h7-8,12-13H,3-6,9-11H2,1-2H3,(H,18,20).